The second kappa shape index (κ2) is 8.30. The van der Waals surface area contributed by atoms with Gasteiger partial charge < -0.3 is 14.4 Å². The molecule has 0 aliphatic carbocycles. The predicted octanol–water partition coefficient (Wildman–Crippen LogP) is 4.63. The molecule has 0 saturated carbocycles. The molecule has 0 fully saturated rings. The van der Waals surface area contributed by atoms with Gasteiger partial charge in [0.2, 0.25) is 0 Å². The molecular formula is C20H23NO3S. The lowest BCUT2D eigenvalue weighted by Crippen LogP contribution is -2.35. The molecule has 25 heavy (non-hydrogen) atoms. The number of methoxy groups -OCH3 is 1. The fourth-order valence-corrected chi connectivity index (χ4v) is 3.78. The number of rotatable bonds is 6. The Morgan fingerprint density at radius 3 is 2.84 bits per heavy atom. The lowest BCUT2D eigenvalue weighted by atomic mass is 10.1. The molecule has 0 unspecified atom stereocenters. The Hall–Kier alpha value is -2.14. The summed E-state index contributed by atoms with van der Waals surface area (Å²) in [7, 11) is 1.60. The molecule has 3 rings (SSSR count). The van der Waals surface area contributed by atoms with Crippen LogP contribution < -0.4 is 14.4 Å². The fraction of sp³-hybridized carbons (Fsp3) is 0.350. The third kappa shape index (κ3) is 3.93. The number of unbranched alkanes of at least 4 members (excludes halogenated alkanes) is 1. The lowest BCUT2D eigenvalue weighted by Gasteiger charge is -2.29. The van der Waals surface area contributed by atoms with Crippen molar-refractivity contribution in [2.45, 2.75) is 24.7 Å². The van der Waals surface area contributed by atoms with Crippen molar-refractivity contribution >= 4 is 23.4 Å². The first-order chi connectivity index (χ1) is 12.2. The van der Waals surface area contributed by atoms with E-state index in [1.807, 2.05) is 35.2 Å². The van der Waals surface area contributed by atoms with Gasteiger partial charge in [0, 0.05) is 22.8 Å². The monoisotopic (exact) mass is 357 g/mol. The van der Waals surface area contributed by atoms with Crippen LogP contribution in [0.25, 0.3) is 0 Å². The molecular weight excluding hydrogens is 334 g/mol. The van der Waals surface area contributed by atoms with E-state index >= 15 is 0 Å². The Morgan fingerprint density at radius 1 is 1.20 bits per heavy atom. The Kier molecular flexibility index (Phi) is 5.87. The number of carbonyl (C=O) groups excluding carboxylic acids is 1. The van der Waals surface area contributed by atoms with Gasteiger partial charge in [-0.05, 0) is 36.8 Å². The maximum Gasteiger partial charge on any atom is 0.258 e. The average Bonchev–Trinajstić information content (AvgIpc) is 2.67. The van der Waals surface area contributed by atoms with E-state index in [2.05, 4.69) is 13.0 Å². The predicted molar refractivity (Wildman–Crippen MR) is 102 cm³/mol. The zero-order valence-corrected chi connectivity index (χ0v) is 15.5. The van der Waals surface area contributed by atoms with E-state index < -0.39 is 0 Å². The highest BCUT2D eigenvalue weighted by Gasteiger charge is 2.24. The molecule has 132 valence electrons. The molecule has 1 aliphatic heterocycles. The molecule has 2 aromatic rings. The normalized spacial score (nSPS) is 13.3. The number of hydrogen-bond acceptors (Lipinski definition) is 4. The highest BCUT2D eigenvalue weighted by atomic mass is 32.2. The van der Waals surface area contributed by atoms with E-state index in [1.165, 1.54) is 0 Å². The van der Waals surface area contributed by atoms with Crippen LogP contribution in [0.4, 0.5) is 5.69 Å². The summed E-state index contributed by atoms with van der Waals surface area (Å²) in [6.07, 6.45) is 2.07. The number of thioether (sulfide) groups is 1. The summed E-state index contributed by atoms with van der Waals surface area (Å²) in [4.78, 5) is 16.0. The minimum atomic E-state index is -0.00819. The zero-order chi connectivity index (χ0) is 17.6. The summed E-state index contributed by atoms with van der Waals surface area (Å²) in [5.41, 5.74) is 1.59. The summed E-state index contributed by atoms with van der Waals surface area (Å²) >= 11 is 1.79. The molecule has 0 atom stereocenters. The molecule has 1 amide bonds. The van der Waals surface area contributed by atoms with Crippen LogP contribution in [-0.4, -0.2) is 31.9 Å². The molecule has 0 spiro atoms. The summed E-state index contributed by atoms with van der Waals surface area (Å²) in [6.45, 7) is 3.48. The number of carbonyl (C=O) groups is 1. The molecule has 0 bridgehead atoms. The number of anilines is 1. The number of hydrogen-bond donors (Lipinski definition) is 0. The second-order valence-corrected chi connectivity index (χ2v) is 6.98. The van der Waals surface area contributed by atoms with Crippen molar-refractivity contribution < 1.29 is 14.3 Å². The molecule has 0 aromatic heterocycles. The lowest BCUT2D eigenvalue weighted by molar-refractivity contribution is 0.0987. The molecule has 0 N–H and O–H groups in total. The summed E-state index contributed by atoms with van der Waals surface area (Å²) < 4.78 is 11.2. The molecule has 0 radical (unpaired) electrons. The van der Waals surface area contributed by atoms with Crippen molar-refractivity contribution in [3.63, 3.8) is 0 Å². The van der Waals surface area contributed by atoms with Crippen LogP contribution in [0.1, 0.15) is 30.1 Å². The first-order valence-corrected chi connectivity index (χ1v) is 9.57. The maximum atomic E-state index is 13.0. The van der Waals surface area contributed by atoms with Crippen molar-refractivity contribution in [2.24, 2.45) is 0 Å². The fourth-order valence-electron chi connectivity index (χ4n) is 2.78. The van der Waals surface area contributed by atoms with E-state index in [4.69, 9.17) is 9.47 Å². The van der Waals surface area contributed by atoms with Gasteiger partial charge in [0.1, 0.15) is 0 Å². The smallest absolute Gasteiger partial charge is 0.258 e. The van der Waals surface area contributed by atoms with Crippen LogP contribution in [-0.2, 0) is 0 Å². The van der Waals surface area contributed by atoms with Gasteiger partial charge in [0.05, 0.1) is 19.4 Å². The number of para-hydroxylation sites is 1. The minimum absolute atomic E-state index is 0.00819. The van der Waals surface area contributed by atoms with Crippen LogP contribution in [0.15, 0.2) is 47.4 Å². The average molecular weight is 357 g/mol. The van der Waals surface area contributed by atoms with Crippen molar-refractivity contribution in [3.8, 4) is 11.5 Å². The first kappa shape index (κ1) is 17.7. The number of nitrogens with zero attached hydrogens (tertiary/aromatic N) is 1. The summed E-state index contributed by atoms with van der Waals surface area (Å²) in [5.74, 6) is 2.17. The number of amides is 1. The van der Waals surface area contributed by atoms with Crippen LogP contribution >= 0.6 is 11.8 Å². The molecule has 2 aromatic carbocycles. The standard InChI is InChI=1S/C20H23NO3S/c1-3-4-12-24-17-10-9-15(14-18(17)23-2)20(22)21-11-13-25-19-8-6-5-7-16(19)21/h5-10,14H,3-4,11-13H2,1-2H3. The van der Waals surface area contributed by atoms with Crippen LogP contribution in [0.3, 0.4) is 0 Å². The van der Waals surface area contributed by atoms with Crippen molar-refractivity contribution in [2.75, 3.05) is 30.9 Å². The van der Waals surface area contributed by atoms with Gasteiger partial charge in [-0.25, -0.2) is 0 Å². The van der Waals surface area contributed by atoms with Crippen molar-refractivity contribution in [1.29, 1.82) is 0 Å². The van der Waals surface area contributed by atoms with Gasteiger partial charge in [-0.15, -0.1) is 11.8 Å². The Morgan fingerprint density at radius 2 is 2.04 bits per heavy atom. The summed E-state index contributed by atoms with van der Waals surface area (Å²) in [6, 6.07) is 13.4. The highest BCUT2D eigenvalue weighted by Crippen LogP contribution is 2.36. The van der Waals surface area contributed by atoms with Gasteiger partial charge in [0.25, 0.3) is 5.91 Å². The van der Waals surface area contributed by atoms with Crippen molar-refractivity contribution in [3.05, 3.63) is 48.0 Å². The zero-order valence-electron chi connectivity index (χ0n) is 14.7. The van der Waals surface area contributed by atoms with E-state index in [1.54, 1.807) is 24.9 Å². The quantitative estimate of drug-likeness (QED) is 0.707. The van der Waals surface area contributed by atoms with Crippen molar-refractivity contribution in [1.82, 2.24) is 0 Å². The molecule has 5 heteroatoms. The maximum absolute atomic E-state index is 13.0. The Bertz CT molecular complexity index is 747. The second-order valence-electron chi connectivity index (χ2n) is 5.84. The topological polar surface area (TPSA) is 38.8 Å². The molecule has 0 saturated heterocycles. The van der Waals surface area contributed by atoms with Gasteiger partial charge >= 0.3 is 0 Å². The van der Waals surface area contributed by atoms with Gasteiger partial charge in [-0.1, -0.05) is 25.5 Å². The first-order valence-electron chi connectivity index (χ1n) is 8.59. The van der Waals surface area contributed by atoms with E-state index in [9.17, 15) is 4.79 Å². The Balaban J connectivity index is 1.83. The number of fused-ring (bicyclic) bond motifs is 1. The Labute approximate surface area is 153 Å². The van der Waals surface area contributed by atoms with E-state index in [-0.39, 0.29) is 5.91 Å². The van der Waals surface area contributed by atoms with Gasteiger partial charge in [-0.3, -0.25) is 4.79 Å². The SMILES string of the molecule is CCCCOc1ccc(C(=O)N2CCSc3ccccc32)cc1OC. The molecule has 1 aliphatic rings. The largest absolute Gasteiger partial charge is 0.493 e. The summed E-state index contributed by atoms with van der Waals surface area (Å²) in [5, 5.41) is 0. The van der Waals surface area contributed by atoms with E-state index in [0.29, 0.717) is 30.2 Å². The van der Waals surface area contributed by atoms with Crippen LogP contribution in [0, 0.1) is 0 Å². The third-order valence-electron chi connectivity index (χ3n) is 4.14. The van der Waals surface area contributed by atoms with E-state index in [0.717, 1.165) is 29.2 Å². The van der Waals surface area contributed by atoms with Crippen LogP contribution in [0.5, 0.6) is 11.5 Å². The minimum Gasteiger partial charge on any atom is -0.493 e. The van der Waals surface area contributed by atoms with Crippen LogP contribution in [0.2, 0.25) is 0 Å². The molecule has 4 nitrogen and oxygen atoms in total. The highest BCUT2D eigenvalue weighted by molar-refractivity contribution is 7.99. The van der Waals surface area contributed by atoms with Gasteiger partial charge in [0.15, 0.2) is 11.5 Å². The number of ether oxygens (including phenoxy) is 2. The molecule has 1 heterocycles. The number of benzene rings is 2. The third-order valence-corrected chi connectivity index (χ3v) is 5.18. The van der Waals surface area contributed by atoms with Gasteiger partial charge in [-0.2, -0.15) is 0 Å².